The summed E-state index contributed by atoms with van der Waals surface area (Å²) < 4.78 is 1.78. The van der Waals surface area contributed by atoms with Crippen LogP contribution in [0.15, 0.2) is 30.6 Å². The van der Waals surface area contributed by atoms with Crippen LogP contribution < -0.4 is 4.90 Å². The van der Waals surface area contributed by atoms with E-state index in [1.54, 1.807) is 15.8 Å². The number of nitrogens with zero attached hydrogens (tertiary/aromatic N) is 8. The van der Waals surface area contributed by atoms with Crippen LogP contribution in [0.1, 0.15) is 27.6 Å². The average Bonchev–Trinajstić information content (AvgIpc) is 3.06. The van der Waals surface area contributed by atoms with Crippen LogP contribution in [-0.2, 0) is 0 Å². The molecule has 0 aliphatic carbocycles. The average molecular weight is 378 g/mol. The van der Waals surface area contributed by atoms with E-state index in [9.17, 15) is 4.79 Å². The van der Waals surface area contributed by atoms with E-state index in [0.717, 1.165) is 22.9 Å². The Morgan fingerprint density at radius 1 is 0.893 bits per heavy atom. The molecular formula is C19H22N8O. The zero-order chi connectivity index (χ0) is 19.7. The highest BCUT2D eigenvalue weighted by Crippen LogP contribution is 2.16. The lowest BCUT2D eigenvalue weighted by molar-refractivity contribution is 0.0740. The maximum absolute atomic E-state index is 12.6. The van der Waals surface area contributed by atoms with Gasteiger partial charge in [0, 0.05) is 38.1 Å². The van der Waals surface area contributed by atoms with Crippen molar-refractivity contribution in [1.29, 1.82) is 0 Å². The normalized spacial score (nSPS) is 14.4. The minimum Gasteiger partial charge on any atom is -0.352 e. The van der Waals surface area contributed by atoms with Gasteiger partial charge in [0.05, 0.1) is 17.6 Å². The fourth-order valence-electron chi connectivity index (χ4n) is 3.26. The number of hydrogen-bond donors (Lipinski definition) is 0. The molecule has 0 radical (unpaired) electrons. The summed E-state index contributed by atoms with van der Waals surface area (Å²) >= 11 is 0. The van der Waals surface area contributed by atoms with Crippen molar-refractivity contribution < 1.29 is 4.79 Å². The van der Waals surface area contributed by atoms with Gasteiger partial charge in [0.2, 0.25) is 0 Å². The minimum atomic E-state index is -0.0851. The third kappa shape index (κ3) is 3.55. The van der Waals surface area contributed by atoms with Gasteiger partial charge in [-0.25, -0.2) is 9.67 Å². The van der Waals surface area contributed by atoms with Gasteiger partial charge in [-0.2, -0.15) is 5.10 Å². The van der Waals surface area contributed by atoms with Gasteiger partial charge in [0.25, 0.3) is 5.91 Å². The SMILES string of the molecule is Cc1cnc(C(=O)N2CCN(c3ccc(-n4nc(C)cc4C)nn3)CC2)cn1. The molecule has 3 aromatic heterocycles. The first kappa shape index (κ1) is 18.0. The van der Waals surface area contributed by atoms with Gasteiger partial charge < -0.3 is 9.80 Å². The lowest BCUT2D eigenvalue weighted by Gasteiger charge is -2.34. The first-order valence-corrected chi connectivity index (χ1v) is 9.21. The molecule has 9 nitrogen and oxygen atoms in total. The summed E-state index contributed by atoms with van der Waals surface area (Å²) in [6.45, 7) is 8.39. The fourth-order valence-corrected chi connectivity index (χ4v) is 3.26. The van der Waals surface area contributed by atoms with Crippen molar-refractivity contribution in [3.8, 4) is 5.82 Å². The van der Waals surface area contributed by atoms with Crippen LogP contribution in [0.25, 0.3) is 5.82 Å². The van der Waals surface area contributed by atoms with Crippen LogP contribution >= 0.6 is 0 Å². The third-order valence-corrected chi connectivity index (χ3v) is 4.75. The summed E-state index contributed by atoms with van der Waals surface area (Å²) in [7, 11) is 0. The predicted octanol–water partition coefficient (Wildman–Crippen LogP) is 1.34. The monoisotopic (exact) mass is 378 g/mol. The summed E-state index contributed by atoms with van der Waals surface area (Å²) in [6, 6.07) is 5.87. The van der Waals surface area contributed by atoms with E-state index in [1.807, 2.05) is 39.0 Å². The van der Waals surface area contributed by atoms with Gasteiger partial charge >= 0.3 is 0 Å². The Hall–Kier alpha value is -3.36. The number of amides is 1. The Balaban J connectivity index is 1.40. The van der Waals surface area contributed by atoms with Crippen molar-refractivity contribution in [1.82, 2.24) is 34.8 Å². The molecule has 0 unspecified atom stereocenters. The molecule has 1 saturated heterocycles. The number of hydrogen-bond acceptors (Lipinski definition) is 7. The molecule has 0 aromatic carbocycles. The van der Waals surface area contributed by atoms with Gasteiger partial charge in [-0.1, -0.05) is 0 Å². The zero-order valence-corrected chi connectivity index (χ0v) is 16.2. The van der Waals surface area contributed by atoms with E-state index >= 15 is 0 Å². The van der Waals surface area contributed by atoms with E-state index in [0.29, 0.717) is 37.7 Å². The van der Waals surface area contributed by atoms with Crippen molar-refractivity contribution in [2.75, 3.05) is 31.1 Å². The molecule has 28 heavy (non-hydrogen) atoms. The van der Waals surface area contributed by atoms with Crippen LogP contribution in [0.5, 0.6) is 0 Å². The standard InChI is InChI=1S/C19H22N8O/c1-13-10-15(3)27(24-13)18-5-4-17(22-23-18)25-6-8-26(9-7-25)19(28)16-12-20-14(2)11-21-16/h4-5,10-12H,6-9H2,1-3H3. The van der Waals surface area contributed by atoms with Gasteiger partial charge in [0.1, 0.15) is 5.69 Å². The molecule has 0 atom stereocenters. The lowest BCUT2D eigenvalue weighted by atomic mass is 10.2. The fraction of sp³-hybridized carbons (Fsp3) is 0.368. The molecule has 4 rings (SSSR count). The van der Waals surface area contributed by atoms with Crippen molar-refractivity contribution in [2.45, 2.75) is 20.8 Å². The van der Waals surface area contributed by atoms with Crippen LogP contribution in [0.4, 0.5) is 5.82 Å². The summed E-state index contributed by atoms with van der Waals surface area (Å²) in [5.74, 6) is 1.41. The molecule has 1 aliphatic rings. The second-order valence-corrected chi connectivity index (χ2v) is 6.91. The zero-order valence-electron chi connectivity index (χ0n) is 16.2. The molecule has 1 amide bonds. The van der Waals surface area contributed by atoms with E-state index < -0.39 is 0 Å². The number of anilines is 1. The number of rotatable bonds is 3. The highest BCUT2D eigenvalue weighted by molar-refractivity contribution is 5.92. The van der Waals surface area contributed by atoms with Crippen LogP contribution in [0.2, 0.25) is 0 Å². The molecule has 0 N–H and O–H groups in total. The first-order valence-electron chi connectivity index (χ1n) is 9.21. The second kappa shape index (κ2) is 7.34. The Bertz CT molecular complexity index is 972. The number of aromatic nitrogens is 6. The maximum Gasteiger partial charge on any atom is 0.274 e. The molecule has 1 fully saturated rings. The van der Waals surface area contributed by atoms with Crippen LogP contribution in [0.3, 0.4) is 0 Å². The first-order chi connectivity index (χ1) is 13.5. The van der Waals surface area contributed by atoms with Gasteiger partial charge in [-0.15, -0.1) is 10.2 Å². The van der Waals surface area contributed by atoms with E-state index in [2.05, 4.69) is 30.2 Å². The smallest absolute Gasteiger partial charge is 0.274 e. The van der Waals surface area contributed by atoms with E-state index in [4.69, 9.17) is 0 Å². The lowest BCUT2D eigenvalue weighted by Crippen LogP contribution is -2.49. The molecule has 144 valence electrons. The largest absolute Gasteiger partial charge is 0.352 e. The van der Waals surface area contributed by atoms with Gasteiger partial charge in [0.15, 0.2) is 11.6 Å². The molecule has 0 spiro atoms. The molecular weight excluding hydrogens is 356 g/mol. The second-order valence-electron chi connectivity index (χ2n) is 6.91. The highest BCUT2D eigenvalue weighted by Gasteiger charge is 2.24. The molecule has 0 bridgehead atoms. The summed E-state index contributed by atoms with van der Waals surface area (Å²) in [4.78, 5) is 24.8. The molecule has 9 heteroatoms. The number of carbonyl (C=O) groups is 1. The van der Waals surface area contributed by atoms with Gasteiger partial charge in [-0.05, 0) is 39.0 Å². The Morgan fingerprint density at radius 3 is 2.18 bits per heavy atom. The molecule has 4 heterocycles. The molecule has 0 saturated carbocycles. The topological polar surface area (TPSA) is 92.9 Å². The third-order valence-electron chi connectivity index (χ3n) is 4.75. The number of piperazine rings is 1. The number of aryl methyl sites for hydroxylation is 3. The Labute approximate surface area is 163 Å². The summed E-state index contributed by atoms with van der Waals surface area (Å²) in [6.07, 6.45) is 3.15. The Kier molecular flexibility index (Phi) is 4.72. The highest BCUT2D eigenvalue weighted by atomic mass is 16.2. The quantitative estimate of drug-likeness (QED) is 0.679. The van der Waals surface area contributed by atoms with Crippen LogP contribution in [-0.4, -0.2) is 66.9 Å². The van der Waals surface area contributed by atoms with Crippen molar-refractivity contribution >= 4 is 11.7 Å². The van der Waals surface area contributed by atoms with E-state index in [-0.39, 0.29) is 5.91 Å². The summed E-state index contributed by atoms with van der Waals surface area (Å²) in [5.41, 5.74) is 3.14. The predicted molar refractivity (Wildman–Crippen MR) is 104 cm³/mol. The number of carbonyl (C=O) groups excluding carboxylic acids is 1. The van der Waals surface area contributed by atoms with E-state index in [1.165, 1.54) is 6.20 Å². The molecule has 1 aliphatic heterocycles. The van der Waals surface area contributed by atoms with Crippen molar-refractivity contribution in [3.05, 3.63) is 53.4 Å². The van der Waals surface area contributed by atoms with Gasteiger partial charge in [-0.3, -0.25) is 9.78 Å². The van der Waals surface area contributed by atoms with Crippen molar-refractivity contribution in [2.24, 2.45) is 0 Å². The maximum atomic E-state index is 12.6. The van der Waals surface area contributed by atoms with Crippen molar-refractivity contribution in [3.63, 3.8) is 0 Å². The van der Waals surface area contributed by atoms with Crippen LogP contribution in [0, 0.1) is 20.8 Å². The Morgan fingerprint density at radius 2 is 1.61 bits per heavy atom. The molecule has 3 aromatic rings. The summed E-state index contributed by atoms with van der Waals surface area (Å²) in [5, 5.41) is 13.1. The minimum absolute atomic E-state index is 0.0851.